The lowest BCUT2D eigenvalue weighted by Gasteiger charge is -2.12. The first-order chi connectivity index (χ1) is 6.13. The molecular weight excluding hydrogens is 148 g/mol. The van der Waals surface area contributed by atoms with E-state index in [-0.39, 0.29) is 6.40 Å². The van der Waals surface area contributed by atoms with E-state index in [2.05, 4.69) is 11.6 Å². The highest BCUT2D eigenvalue weighted by atomic mass is 15.1. The van der Waals surface area contributed by atoms with Crippen LogP contribution in [0.25, 0.3) is 0 Å². The summed E-state index contributed by atoms with van der Waals surface area (Å²) >= 11 is 0. The second kappa shape index (κ2) is 2.34. The van der Waals surface area contributed by atoms with Crippen molar-refractivity contribution in [1.29, 1.82) is 0 Å². The van der Waals surface area contributed by atoms with E-state index in [1.807, 2.05) is 24.9 Å². The van der Waals surface area contributed by atoms with Crippen molar-refractivity contribution in [3.05, 3.63) is 35.8 Å². The van der Waals surface area contributed by atoms with Gasteiger partial charge in [-0.25, -0.2) is 0 Å². The summed E-state index contributed by atoms with van der Waals surface area (Å²) in [5.74, 6) is 0. The van der Waals surface area contributed by atoms with Gasteiger partial charge < -0.3 is 4.90 Å². The number of rotatable bonds is 0. The Balaban J connectivity index is 2.66. The summed E-state index contributed by atoms with van der Waals surface area (Å²) in [6.07, 6.45) is 1.43. The number of pyridine rings is 1. The van der Waals surface area contributed by atoms with Gasteiger partial charge in [-0.2, -0.15) is 0 Å². The Kier molecular flexibility index (Phi) is 1.21. The third-order valence-electron chi connectivity index (χ3n) is 2.27. The first kappa shape index (κ1) is 6.23. The number of aryl methyl sites for hydroxylation is 1. The molecule has 0 aromatic carbocycles. The van der Waals surface area contributed by atoms with Gasteiger partial charge in [0.25, 0.3) is 0 Å². The zero-order valence-corrected chi connectivity index (χ0v) is 7.33. The fourth-order valence-electron chi connectivity index (χ4n) is 1.45. The monoisotopic (exact) mass is 162 g/mol. The summed E-state index contributed by atoms with van der Waals surface area (Å²) in [5.41, 5.74) is 3.82. The number of likely N-dealkylation sites (N-methyl/N-ethyl adjacent to an activating group) is 1. The van der Waals surface area contributed by atoms with Crippen LogP contribution in [0.3, 0.4) is 0 Å². The molecule has 1 unspecified atom stereocenters. The van der Waals surface area contributed by atoms with Crippen LogP contribution in [0.5, 0.6) is 0 Å². The Morgan fingerprint density at radius 2 is 2.50 bits per heavy atom. The molecular formula is C10H12N2. The predicted molar refractivity (Wildman–Crippen MR) is 50.2 cm³/mol. The first-order valence-corrected chi connectivity index (χ1v) is 3.93. The van der Waals surface area contributed by atoms with Crippen molar-refractivity contribution >= 4 is 5.69 Å². The van der Waals surface area contributed by atoms with Gasteiger partial charge in [0.1, 0.15) is 0 Å². The maximum absolute atomic E-state index is 7.91. The van der Waals surface area contributed by atoms with Crippen LogP contribution >= 0.6 is 0 Å². The molecule has 0 N–H and O–H groups in total. The second-order valence-corrected chi connectivity index (χ2v) is 3.02. The summed E-state index contributed by atoms with van der Waals surface area (Å²) in [6.45, 7) is 5.82. The molecule has 1 aliphatic rings. The van der Waals surface area contributed by atoms with Crippen LogP contribution in [0.2, 0.25) is 0 Å². The lowest BCUT2D eigenvalue weighted by atomic mass is 10.1. The molecule has 2 rings (SSSR count). The quantitative estimate of drug-likeness (QED) is 0.579. The average Bonchev–Trinajstić information content (AvgIpc) is 2.33. The third kappa shape index (κ3) is 0.843. The van der Waals surface area contributed by atoms with Crippen molar-refractivity contribution in [2.45, 2.75) is 13.3 Å². The standard InChI is InChI=1S/C10H12N2/c1-7-6-9-8(2)11-5-4-10(9)12(7)3/h4-5H,1,6H2,2-3H3/i6T. The normalized spacial score (nSPS) is 22.5. The van der Waals surface area contributed by atoms with Crippen molar-refractivity contribution in [1.82, 2.24) is 4.98 Å². The predicted octanol–water partition coefficient (Wildman–Crippen LogP) is 1.90. The zero-order valence-electron chi connectivity index (χ0n) is 8.33. The maximum atomic E-state index is 7.91. The minimum absolute atomic E-state index is 0.339. The van der Waals surface area contributed by atoms with Gasteiger partial charge in [-0.05, 0) is 13.0 Å². The third-order valence-corrected chi connectivity index (χ3v) is 2.27. The van der Waals surface area contributed by atoms with Crippen LogP contribution in [0, 0.1) is 6.92 Å². The molecule has 1 aliphatic heterocycles. The van der Waals surface area contributed by atoms with Crippen LogP contribution in [-0.2, 0) is 6.40 Å². The highest BCUT2D eigenvalue weighted by Gasteiger charge is 2.20. The molecule has 2 heterocycles. The summed E-state index contributed by atoms with van der Waals surface area (Å²) < 4.78 is 7.91. The zero-order chi connectivity index (χ0) is 9.59. The number of nitrogens with zero attached hydrogens (tertiary/aromatic N) is 2. The fourth-order valence-corrected chi connectivity index (χ4v) is 1.45. The van der Waals surface area contributed by atoms with E-state index >= 15 is 0 Å². The molecule has 1 atom stereocenters. The van der Waals surface area contributed by atoms with Crippen molar-refractivity contribution in [2.24, 2.45) is 0 Å². The molecule has 2 heteroatoms. The topological polar surface area (TPSA) is 16.1 Å². The Bertz CT molecular complexity index is 373. The second-order valence-electron chi connectivity index (χ2n) is 3.02. The van der Waals surface area contributed by atoms with E-state index < -0.39 is 0 Å². The summed E-state index contributed by atoms with van der Waals surface area (Å²) in [7, 11) is 1.94. The summed E-state index contributed by atoms with van der Waals surface area (Å²) in [5, 5.41) is 0. The van der Waals surface area contributed by atoms with Gasteiger partial charge in [-0.1, -0.05) is 6.58 Å². The van der Waals surface area contributed by atoms with Crippen LogP contribution in [0.15, 0.2) is 24.5 Å². The molecule has 0 amide bonds. The van der Waals surface area contributed by atoms with Gasteiger partial charge in [-0.3, -0.25) is 4.98 Å². The van der Waals surface area contributed by atoms with Crippen LogP contribution in [0.4, 0.5) is 5.69 Å². The summed E-state index contributed by atoms with van der Waals surface area (Å²) in [4.78, 5) is 6.14. The van der Waals surface area contributed by atoms with Gasteiger partial charge in [-0.15, -0.1) is 0 Å². The molecule has 0 radical (unpaired) electrons. The fraction of sp³-hybridized carbons (Fsp3) is 0.300. The number of fused-ring (bicyclic) bond motifs is 1. The number of hydrogen-bond donors (Lipinski definition) is 0. The minimum Gasteiger partial charge on any atom is -0.348 e. The SMILES string of the molecule is [3H]C1C(=C)N(C)c2ccnc(C)c21. The molecule has 0 saturated carbocycles. The summed E-state index contributed by atoms with van der Waals surface area (Å²) in [6, 6.07) is 1.93. The molecule has 0 saturated heterocycles. The largest absolute Gasteiger partial charge is 0.348 e. The lowest BCUT2D eigenvalue weighted by molar-refractivity contribution is 1.09. The lowest BCUT2D eigenvalue weighted by Crippen LogP contribution is -2.09. The van der Waals surface area contributed by atoms with Gasteiger partial charge in [0, 0.05) is 43.7 Å². The smallest absolute Gasteiger partial charge is 0.0475 e. The van der Waals surface area contributed by atoms with Gasteiger partial charge in [0.15, 0.2) is 0 Å². The van der Waals surface area contributed by atoms with Crippen molar-refractivity contribution in [2.75, 3.05) is 11.9 Å². The number of aromatic nitrogens is 1. The van der Waals surface area contributed by atoms with E-state index in [4.69, 9.17) is 1.37 Å². The Morgan fingerprint density at radius 3 is 3.17 bits per heavy atom. The Morgan fingerprint density at radius 1 is 1.75 bits per heavy atom. The molecule has 0 fully saturated rings. The van der Waals surface area contributed by atoms with E-state index in [0.29, 0.717) is 0 Å². The van der Waals surface area contributed by atoms with Crippen LogP contribution in [-0.4, -0.2) is 12.0 Å². The Labute approximate surface area is 73.9 Å². The average molecular weight is 162 g/mol. The van der Waals surface area contributed by atoms with Crippen molar-refractivity contribution in [3.63, 3.8) is 0 Å². The highest BCUT2D eigenvalue weighted by molar-refractivity contribution is 5.64. The van der Waals surface area contributed by atoms with Gasteiger partial charge >= 0.3 is 0 Å². The highest BCUT2D eigenvalue weighted by Crippen LogP contribution is 2.32. The first-order valence-electron chi connectivity index (χ1n) is 4.51. The van der Waals surface area contributed by atoms with Crippen molar-refractivity contribution in [3.8, 4) is 0 Å². The van der Waals surface area contributed by atoms with Crippen LogP contribution in [0.1, 0.15) is 12.6 Å². The number of hydrogen-bond acceptors (Lipinski definition) is 2. The van der Waals surface area contributed by atoms with Gasteiger partial charge in [0.05, 0.1) is 0 Å². The molecule has 0 bridgehead atoms. The van der Waals surface area contributed by atoms with Crippen molar-refractivity contribution < 1.29 is 1.37 Å². The number of anilines is 1. The molecule has 0 spiro atoms. The Hall–Kier alpha value is -1.31. The molecule has 1 aromatic rings. The van der Waals surface area contributed by atoms with E-state index in [1.54, 1.807) is 6.20 Å². The van der Waals surface area contributed by atoms with E-state index in [1.165, 1.54) is 0 Å². The number of allylic oxidation sites excluding steroid dienone is 1. The molecule has 1 aromatic heterocycles. The van der Waals surface area contributed by atoms with E-state index in [9.17, 15) is 0 Å². The maximum Gasteiger partial charge on any atom is 0.0475 e. The van der Waals surface area contributed by atoms with E-state index in [0.717, 1.165) is 22.6 Å². The molecule has 12 heavy (non-hydrogen) atoms. The molecule has 62 valence electrons. The molecule has 0 aliphatic carbocycles. The molecule has 2 nitrogen and oxygen atoms in total. The minimum atomic E-state index is -0.339. The van der Waals surface area contributed by atoms with Crippen LogP contribution < -0.4 is 4.90 Å². The van der Waals surface area contributed by atoms with Gasteiger partial charge in [0.2, 0.25) is 0 Å².